The molecule has 0 radical (unpaired) electrons. The van der Waals surface area contributed by atoms with E-state index in [4.69, 9.17) is 5.11 Å². The first-order chi connectivity index (χ1) is 8.03. The van der Waals surface area contributed by atoms with Gasteiger partial charge in [-0.15, -0.1) is 0 Å². The molecule has 0 aliphatic rings. The Balaban J connectivity index is 2.40. The highest BCUT2D eigenvalue weighted by Gasteiger charge is 2.12. The van der Waals surface area contributed by atoms with Crippen molar-refractivity contribution in [3.63, 3.8) is 0 Å². The van der Waals surface area contributed by atoms with Gasteiger partial charge in [0.1, 0.15) is 0 Å². The van der Waals surface area contributed by atoms with Gasteiger partial charge in [-0.3, -0.25) is 4.98 Å². The third-order valence-corrected chi connectivity index (χ3v) is 3.66. The predicted molar refractivity (Wildman–Crippen MR) is 66.0 cm³/mol. The van der Waals surface area contributed by atoms with E-state index in [9.17, 15) is 8.42 Å². The number of hydrogen-bond donors (Lipinski definition) is 2. The van der Waals surface area contributed by atoms with Crippen molar-refractivity contribution in [2.75, 3.05) is 18.9 Å². The lowest BCUT2D eigenvalue weighted by atomic mass is 10.2. The Kier molecular flexibility index (Phi) is 5.54. The summed E-state index contributed by atoms with van der Waals surface area (Å²) in [4.78, 5) is 4.06. The van der Waals surface area contributed by atoms with E-state index in [1.807, 2.05) is 6.07 Å². The third-order valence-electron chi connectivity index (χ3n) is 2.32. The summed E-state index contributed by atoms with van der Waals surface area (Å²) in [6.07, 6.45) is 2.03. The van der Waals surface area contributed by atoms with Crippen LogP contribution in [0.1, 0.15) is 12.6 Å². The molecule has 0 fully saturated rings. The fraction of sp³-hybridized carbons (Fsp3) is 0.545. The zero-order valence-electron chi connectivity index (χ0n) is 9.83. The zero-order chi connectivity index (χ0) is 12.7. The van der Waals surface area contributed by atoms with Crippen molar-refractivity contribution >= 4 is 10.0 Å². The van der Waals surface area contributed by atoms with Crippen molar-refractivity contribution in [2.45, 2.75) is 13.3 Å². The highest BCUT2D eigenvalue weighted by Crippen LogP contribution is 1.98. The number of pyridine rings is 1. The molecule has 0 aromatic carbocycles. The minimum Gasteiger partial charge on any atom is -0.396 e. The Hall–Kier alpha value is -0.980. The molecule has 1 rings (SSSR count). The molecule has 0 bridgehead atoms. The third kappa shape index (κ3) is 5.76. The van der Waals surface area contributed by atoms with Crippen molar-refractivity contribution < 1.29 is 13.5 Å². The van der Waals surface area contributed by atoms with Gasteiger partial charge in [0.25, 0.3) is 0 Å². The number of aryl methyl sites for hydroxylation is 1. The predicted octanol–water partition coefficient (Wildman–Crippen LogP) is 0.172. The van der Waals surface area contributed by atoms with Crippen LogP contribution in [0.3, 0.4) is 0 Å². The molecule has 2 N–H and O–H groups in total. The SMILES string of the molecule is CC(CO)CNS(=O)(=O)CCc1ccccn1. The normalized spacial score (nSPS) is 13.5. The summed E-state index contributed by atoms with van der Waals surface area (Å²) in [7, 11) is -3.29. The Labute approximate surface area is 102 Å². The molecule has 1 atom stereocenters. The van der Waals surface area contributed by atoms with Gasteiger partial charge in [0.15, 0.2) is 0 Å². The van der Waals surface area contributed by atoms with E-state index in [0.717, 1.165) is 5.69 Å². The number of nitrogens with one attached hydrogen (secondary N) is 1. The summed E-state index contributed by atoms with van der Waals surface area (Å²) >= 11 is 0. The number of sulfonamides is 1. The van der Waals surface area contributed by atoms with E-state index in [1.165, 1.54) is 0 Å². The van der Waals surface area contributed by atoms with E-state index in [1.54, 1.807) is 25.3 Å². The molecule has 6 heteroatoms. The van der Waals surface area contributed by atoms with E-state index in [-0.39, 0.29) is 24.8 Å². The van der Waals surface area contributed by atoms with Gasteiger partial charge in [-0.1, -0.05) is 13.0 Å². The van der Waals surface area contributed by atoms with Gasteiger partial charge < -0.3 is 5.11 Å². The van der Waals surface area contributed by atoms with Crippen molar-refractivity contribution in [2.24, 2.45) is 5.92 Å². The van der Waals surface area contributed by atoms with Gasteiger partial charge in [0, 0.05) is 31.5 Å². The molecule has 0 aliphatic heterocycles. The molecule has 1 aromatic heterocycles. The van der Waals surface area contributed by atoms with Crippen molar-refractivity contribution in [3.8, 4) is 0 Å². The number of aromatic nitrogens is 1. The quantitative estimate of drug-likeness (QED) is 0.731. The van der Waals surface area contributed by atoms with Crippen LogP contribution in [0.25, 0.3) is 0 Å². The molecule has 0 saturated carbocycles. The highest BCUT2D eigenvalue weighted by molar-refractivity contribution is 7.89. The van der Waals surface area contributed by atoms with Gasteiger partial charge in [0.05, 0.1) is 5.75 Å². The van der Waals surface area contributed by atoms with Gasteiger partial charge in [-0.05, 0) is 18.1 Å². The molecule has 1 unspecified atom stereocenters. The van der Waals surface area contributed by atoms with Crippen LogP contribution in [-0.2, 0) is 16.4 Å². The summed E-state index contributed by atoms with van der Waals surface area (Å²) in [5.74, 6) is -0.0538. The number of nitrogens with zero attached hydrogens (tertiary/aromatic N) is 1. The first-order valence-corrected chi connectivity index (χ1v) is 7.17. The van der Waals surface area contributed by atoms with E-state index < -0.39 is 10.0 Å². The maximum atomic E-state index is 11.6. The number of hydrogen-bond acceptors (Lipinski definition) is 4. The number of aliphatic hydroxyl groups excluding tert-OH is 1. The monoisotopic (exact) mass is 258 g/mol. The Bertz CT molecular complexity index is 420. The zero-order valence-corrected chi connectivity index (χ0v) is 10.7. The molecular formula is C11H18N2O3S. The maximum absolute atomic E-state index is 11.6. The number of rotatable bonds is 7. The highest BCUT2D eigenvalue weighted by atomic mass is 32.2. The number of aliphatic hydroxyl groups is 1. The van der Waals surface area contributed by atoms with E-state index in [2.05, 4.69) is 9.71 Å². The molecule has 0 amide bonds. The molecule has 5 nitrogen and oxygen atoms in total. The van der Waals surface area contributed by atoms with Crippen molar-refractivity contribution in [3.05, 3.63) is 30.1 Å². The molecule has 1 aromatic rings. The lowest BCUT2D eigenvalue weighted by Crippen LogP contribution is -2.32. The lowest BCUT2D eigenvalue weighted by Gasteiger charge is -2.10. The van der Waals surface area contributed by atoms with E-state index in [0.29, 0.717) is 6.42 Å². The van der Waals surface area contributed by atoms with Gasteiger partial charge >= 0.3 is 0 Å². The first kappa shape index (κ1) is 14.1. The lowest BCUT2D eigenvalue weighted by molar-refractivity contribution is 0.238. The summed E-state index contributed by atoms with van der Waals surface area (Å²) in [6.45, 7) is 2.02. The van der Waals surface area contributed by atoms with Gasteiger partial charge in [0.2, 0.25) is 10.0 Å². The van der Waals surface area contributed by atoms with E-state index >= 15 is 0 Å². The van der Waals surface area contributed by atoms with Crippen LogP contribution in [-0.4, -0.2) is 37.4 Å². The molecule has 96 valence electrons. The van der Waals surface area contributed by atoms with Crippen molar-refractivity contribution in [1.29, 1.82) is 0 Å². The summed E-state index contributed by atoms with van der Waals surface area (Å²) in [5, 5.41) is 8.79. The summed E-state index contributed by atoms with van der Waals surface area (Å²) in [5.41, 5.74) is 0.757. The van der Waals surface area contributed by atoms with Crippen LogP contribution in [0.5, 0.6) is 0 Å². The second-order valence-corrected chi connectivity index (χ2v) is 5.95. The molecule has 17 heavy (non-hydrogen) atoms. The average Bonchev–Trinajstić information content (AvgIpc) is 2.35. The topological polar surface area (TPSA) is 79.3 Å². The van der Waals surface area contributed by atoms with Crippen LogP contribution in [0.4, 0.5) is 0 Å². The second-order valence-electron chi connectivity index (χ2n) is 4.03. The fourth-order valence-electron chi connectivity index (χ4n) is 1.19. The minimum atomic E-state index is -3.29. The Morgan fingerprint density at radius 3 is 2.82 bits per heavy atom. The Morgan fingerprint density at radius 1 is 1.47 bits per heavy atom. The Morgan fingerprint density at radius 2 is 2.24 bits per heavy atom. The molecule has 0 saturated heterocycles. The van der Waals surface area contributed by atoms with Crippen LogP contribution in [0.2, 0.25) is 0 Å². The standard InChI is InChI=1S/C11H18N2O3S/c1-10(9-14)8-13-17(15,16)7-5-11-4-2-3-6-12-11/h2-4,6,10,13-14H,5,7-9H2,1H3. The van der Waals surface area contributed by atoms with Crippen LogP contribution < -0.4 is 4.72 Å². The summed E-state index contributed by atoms with van der Waals surface area (Å²) < 4.78 is 25.7. The van der Waals surface area contributed by atoms with Crippen LogP contribution in [0.15, 0.2) is 24.4 Å². The first-order valence-electron chi connectivity index (χ1n) is 5.51. The largest absolute Gasteiger partial charge is 0.396 e. The van der Waals surface area contributed by atoms with Crippen LogP contribution in [0, 0.1) is 5.92 Å². The average molecular weight is 258 g/mol. The molecular weight excluding hydrogens is 240 g/mol. The minimum absolute atomic E-state index is 0.0160. The van der Waals surface area contributed by atoms with Gasteiger partial charge in [-0.25, -0.2) is 13.1 Å². The second kappa shape index (κ2) is 6.68. The molecule has 0 spiro atoms. The smallest absolute Gasteiger partial charge is 0.211 e. The van der Waals surface area contributed by atoms with Gasteiger partial charge in [-0.2, -0.15) is 0 Å². The fourth-order valence-corrected chi connectivity index (χ4v) is 2.35. The molecule has 1 heterocycles. The maximum Gasteiger partial charge on any atom is 0.211 e. The van der Waals surface area contributed by atoms with Crippen molar-refractivity contribution in [1.82, 2.24) is 9.71 Å². The van der Waals surface area contributed by atoms with Crippen LogP contribution >= 0.6 is 0 Å². The molecule has 0 aliphatic carbocycles. The summed E-state index contributed by atoms with van der Waals surface area (Å²) in [6, 6.07) is 5.42.